The molecule has 3 aliphatic rings. The molecule has 1 spiro atoms. The summed E-state index contributed by atoms with van der Waals surface area (Å²) >= 11 is 0. The highest BCUT2D eigenvalue weighted by atomic mass is 16.1. The van der Waals surface area contributed by atoms with Crippen molar-refractivity contribution in [2.75, 3.05) is 6.54 Å². The van der Waals surface area contributed by atoms with Gasteiger partial charge in [0.1, 0.15) is 5.84 Å². The molecule has 4 rings (SSSR count). The molecular formula is C17H17N5O. The second kappa shape index (κ2) is 5.69. The fourth-order valence-electron chi connectivity index (χ4n) is 3.26. The monoisotopic (exact) mass is 307 g/mol. The number of nitriles is 1. The molecule has 0 aromatic carbocycles. The van der Waals surface area contributed by atoms with Crippen molar-refractivity contribution in [3.8, 4) is 6.07 Å². The molecule has 0 radical (unpaired) electrons. The van der Waals surface area contributed by atoms with E-state index in [2.05, 4.69) is 33.5 Å². The Hall–Kier alpha value is -2.94. The molecule has 1 aromatic rings. The molecule has 2 atom stereocenters. The minimum atomic E-state index is -0.444. The molecule has 0 fully saturated rings. The zero-order valence-corrected chi connectivity index (χ0v) is 12.8. The number of hydrogen-bond acceptors (Lipinski definition) is 5. The van der Waals surface area contributed by atoms with Crippen LogP contribution in [0.2, 0.25) is 0 Å². The Labute approximate surface area is 133 Å². The highest BCUT2D eigenvalue weighted by Crippen LogP contribution is 2.41. The lowest BCUT2D eigenvalue weighted by atomic mass is 9.75. The molecule has 0 saturated heterocycles. The van der Waals surface area contributed by atoms with Crippen molar-refractivity contribution >= 4 is 23.9 Å². The van der Waals surface area contributed by atoms with Gasteiger partial charge in [-0.15, -0.1) is 0 Å². The molecule has 116 valence electrons. The van der Waals surface area contributed by atoms with Gasteiger partial charge < -0.3 is 11.1 Å². The molecule has 23 heavy (non-hydrogen) atoms. The summed E-state index contributed by atoms with van der Waals surface area (Å²) in [6.45, 7) is 2.16. The normalized spacial score (nSPS) is 25.6. The van der Waals surface area contributed by atoms with Crippen LogP contribution >= 0.6 is 0 Å². The number of amidine groups is 1. The summed E-state index contributed by atoms with van der Waals surface area (Å²) in [5.74, 6) is 0.932. The summed E-state index contributed by atoms with van der Waals surface area (Å²) in [6, 6.07) is 3.57. The molecule has 2 aliphatic heterocycles. The fraction of sp³-hybridized carbons (Fsp3) is 0.294. The van der Waals surface area contributed by atoms with Gasteiger partial charge in [0.2, 0.25) is 5.91 Å². The van der Waals surface area contributed by atoms with Crippen LogP contribution in [0.25, 0.3) is 12.2 Å². The minimum absolute atomic E-state index is 0.112. The zero-order valence-electron chi connectivity index (χ0n) is 12.8. The van der Waals surface area contributed by atoms with E-state index in [-0.39, 0.29) is 5.41 Å². The number of nitrogens with one attached hydrogen (secondary N) is 1. The summed E-state index contributed by atoms with van der Waals surface area (Å²) < 4.78 is 0. The van der Waals surface area contributed by atoms with Gasteiger partial charge in [0.15, 0.2) is 0 Å². The van der Waals surface area contributed by atoms with Gasteiger partial charge in [-0.05, 0) is 30.0 Å². The first-order valence-electron chi connectivity index (χ1n) is 7.38. The Morgan fingerprint density at radius 1 is 1.52 bits per heavy atom. The van der Waals surface area contributed by atoms with Gasteiger partial charge in [0, 0.05) is 24.5 Å². The summed E-state index contributed by atoms with van der Waals surface area (Å²) in [7, 11) is 0. The zero-order chi connectivity index (χ0) is 16.4. The van der Waals surface area contributed by atoms with Gasteiger partial charge in [-0.1, -0.05) is 12.2 Å². The molecule has 3 N–H and O–H groups in total. The average molecular weight is 307 g/mol. The summed E-state index contributed by atoms with van der Waals surface area (Å²) in [5.41, 5.74) is 5.65. The van der Waals surface area contributed by atoms with Crippen molar-refractivity contribution in [1.82, 2.24) is 10.3 Å². The molecule has 0 bridgehead atoms. The van der Waals surface area contributed by atoms with Crippen molar-refractivity contribution in [3.63, 3.8) is 0 Å². The standard InChI is InChI=1S/C15H14N4O.C2H3N/c16-13(20)10-4-9-5-15(6-12(9)18-7-10)8-19-14-11(15)2-1-3-17-14;1-2-3/h1,3-7,11H,2,8H2,(H2,16,20)(H,17,19);1H3. The van der Waals surface area contributed by atoms with E-state index in [1.54, 1.807) is 12.3 Å². The first-order chi connectivity index (χ1) is 11.1. The Morgan fingerprint density at radius 2 is 2.30 bits per heavy atom. The van der Waals surface area contributed by atoms with Crippen LogP contribution in [0.4, 0.5) is 0 Å². The number of carbonyl (C=O) groups is 1. The van der Waals surface area contributed by atoms with Gasteiger partial charge in [-0.25, -0.2) is 0 Å². The quantitative estimate of drug-likeness (QED) is 0.750. The number of primary amides is 1. The third-order valence-electron chi connectivity index (χ3n) is 4.29. The third kappa shape index (κ3) is 2.50. The van der Waals surface area contributed by atoms with Crippen LogP contribution in [0.1, 0.15) is 23.7 Å². The SMILES string of the molecule is CC#N.NC(=O)c1cnc2c(c1)=CC1(C=2)CN=C2NC=CCC21. The van der Waals surface area contributed by atoms with Crippen LogP contribution < -0.4 is 21.6 Å². The van der Waals surface area contributed by atoms with Crippen molar-refractivity contribution in [1.29, 1.82) is 5.26 Å². The molecule has 6 nitrogen and oxygen atoms in total. The van der Waals surface area contributed by atoms with Crippen molar-refractivity contribution in [2.24, 2.45) is 22.1 Å². The van der Waals surface area contributed by atoms with Crippen LogP contribution in [0.3, 0.4) is 0 Å². The lowest BCUT2D eigenvalue weighted by molar-refractivity contribution is 0.1000. The van der Waals surface area contributed by atoms with Crippen LogP contribution in [-0.4, -0.2) is 23.3 Å². The third-order valence-corrected chi connectivity index (χ3v) is 4.29. The largest absolute Gasteiger partial charge is 0.366 e. The Morgan fingerprint density at radius 3 is 3.04 bits per heavy atom. The predicted molar refractivity (Wildman–Crippen MR) is 87.3 cm³/mol. The lowest BCUT2D eigenvalue weighted by Crippen LogP contribution is -2.35. The van der Waals surface area contributed by atoms with Gasteiger partial charge in [-0.2, -0.15) is 5.26 Å². The summed E-state index contributed by atoms with van der Waals surface area (Å²) in [6.07, 6.45) is 10.9. The Balaban J connectivity index is 0.000000485. The van der Waals surface area contributed by atoms with E-state index >= 15 is 0 Å². The second-order valence-corrected chi connectivity index (χ2v) is 5.72. The maximum absolute atomic E-state index is 11.3. The van der Waals surface area contributed by atoms with E-state index in [0.29, 0.717) is 11.5 Å². The van der Waals surface area contributed by atoms with Crippen molar-refractivity contribution in [3.05, 3.63) is 40.7 Å². The Bertz CT molecular complexity index is 877. The maximum atomic E-state index is 11.3. The number of aromatic nitrogens is 1. The van der Waals surface area contributed by atoms with Gasteiger partial charge in [0.25, 0.3) is 0 Å². The van der Waals surface area contributed by atoms with Crippen LogP contribution in [0.5, 0.6) is 0 Å². The van der Waals surface area contributed by atoms with E-state index in [9.17, 15) is 4.79 Å². The number of pyridine rings is 1. The van der Waals surface area contributed by atoms with Crippen LogP contribution in [-0.2, 0) is 0 Å². The first-order valence-corrected chi connectivity index (χ1v) is 7.38. The van der Waals surface area contributed by atoms with E-state index < -0.39 is 5.91 Å². The van der Waals surface area contributed by atoms with E-state index in [1.807, 2.05) is 12.3 Å². The summed E-state index contributed by atoms with van der Waals surface area (Å²) in [4.78, 5) is 20.2. The molecular weight excluding hydrogens is 290 g/mol. The number of allylic oxidation sites excluding steroid dienone is 1. The molecule has 0 saturated carbocycles. The number of nitrogens with two attached hydrogens (primary N) is 1. The number of fused-ring (bicyclic) bond motifs is 3. The molecule has 6 heteroatoms. The van der Waals surface area contributed by atoms with Gasteiger partial charge >= 0.3 is 0 Å². The van der Waals surface area contributed by atoms with Gasteiger partial charge in [0.05, 0.1) is 23.5 Å². The second-order valence-electron chi connectivity index (χ2n) is 5.72. The van der Waals surface area contributed by atoms with E-state index in [4.69, 9.17) is 11.0 Å². The number of amides is 1. The smallest absolute Gasteiger partial charge is 0.250 e. The average Bonchev–Trinajstić information content (AvgIpc) is 3.09. The highest BCUT2D eigenvalue weighted by Gasteiger charge is 2.44. The minimum Gasteiger partial charge on any atom is -0.366 e. The molecule has 1 amide bonds. The number of hydrogen-bond donors (Lipinski definition) is 2. The first kappa shape index (κ1) is 15.0. The lowest BCUT2D eigenvalue weighted by Gasteiger charge is -2.28. The van der Waals surface area contributed by atoms with Crippen molar-refractivity contribution < 1.29 is 4.79 Å². The van der Waals surface area contributed by atoms with Crippen LogP contribution in [0.15, 0.2) is 29.5 Å². The van der Waals surface area contributed by atoms with E-state index in [0.717, 1.165) is 29.4 Å². The molecule has 1 aliphatic carbocycles. The molecule has 3 heterocycles. The molecule has 1 aromatic heterocycles. The topological polar surface area (TPSA) is 104 Å². The number of nitrogens with zero attached hydrogens (tertiary/aromatic N) is 3. The summed E-state index contributed by atoms with van der Waals surface area (Å²) in [5, 5.41) is 12.4. The van der Waals surface area contributed by atoms with E-state index in [1.165, 1.54) is 6.92 Å². The van der Waals surface area contributed by atoms with Crippen LogP contribution in [0, 0.1) is 22.7 Å². The number of carbonyl (C=O) groups excluding carboxylic acids is 1. The van der Waals surface area contributed by atoms with Gasteiger partial charge in [-0.3, -0.25) is 14.8 Å². The number of aliphatic imine (C=N–C) groups is 1. The Kier molecular flexibility index (Phi) is 3.70. The highest BCUT2D eigenvalue weighted by molar-refractivity contribution is 5.94. The fourth-order valence-corrected chi connectivity index (χ4v) is 3.26. The number of rotatable bonds is 1. The molecule has 2 unspecified atom stereocenters. The van der Waals surface area contributed by atoms with Crippen molar-refractivity contribution in [2.45, 2.75) is 13.3 Å². The predicted octanol–water partition coefficient (Wildman–Crippen LogP) is -0.193. The maximum Gasteiger partial charge on any atom is 0.250 e.